The summed E-state index contributed by atoms with van der Waals surface area (Å²) in [6.07, 6.45) is -2.80. The molecule has 1 heterocycles. The van der Waals surface area contributed by atoms with Crippen molar-refractivity contribution in [3.05, 3.63) is 42.1 Å². The average molecular weight is 383 g/mol. The summed E-state index contributed by atoms with van der Waals surface area (Å²) in [6, 6.07) is 9.50. The largest absolute Gasteiger partial charge is 0.433 e. The minimum absolute atomic E-state index is 0.0724. The molecule has 1 unspecified atom stereocenters. The maximum Gasteiger partial charge on any atom is 0.433 e. The zero-order valence-corrected chi connectivity index (χ0v) is 15.3. The Morgan fingerprint density at radius 2 is 1.92 bits per heavy atom. The molecule has 0 bridgehead atoms. The van der Waals surface area contributed by atoms with E-state index in [0.29, 0.717) is 12.1 Å². The Balaban J connectivity index is 2.26. The SMILES string of the molecule is CCCCNC(=O)C(C)Sc1nc(-c2ccccc2)cc(C(F)(F)F)n1. The third kappa shape index (κ3) is 5.72. The van der Waals surface area contributed by atoms with Gasteiger partial charge in [-0.05, 0) is 19.4 Å². The highest BCUT2D eigenvalue weighted by molar-refractivity contribution is 8.00. The first-order valence-electron chi connectivity index (χ1n) is 8.27. The third-order valence-electron chi connectivity index (χ3n) is 3.55. The Morgan fingerprint density at radius 3 is 2.54 bits per heavy atom. The highest BCUT2D eigenvalue weighted by atomic mass is 32.2. The summed E-state index contributed by atoms with van der Waals surface area (Å²) in [4.78, 5) is 19.9. The average Bonchev–Trinajstić information content (AvgIpc) is 2.61. The molecule has 26 heavy (non-hydrogen) atoms. The summed E-state index contributed by atoms with van der Waals surface area (Å²) < 4.78 is 39.6. The van der Waals surface area contributed by atoms with Gasteiger partial charge < -0.3 is 5.32 Å². The summed E-state index contributed by atoms with van der Waals surface area (Å²) in [5.74, 6) is -0.245. The number of unbranched alkanes of at least 4 members (excludes halogenated alkanes) is 1. The highest BCUT2D eigenvalue weighted by Gasteiger charge is 2.34. The van der Waals surface area contributed by atoms with Crippen molar-refractivity contribution in [1.82, 2.24) is 15.3 Å². The predicted octanol–water partition coefficient (Wildman–Crippen LogP) is 4.56. The molecule has 1 N–H and O–H groups in total. The van der Waals surface area contributed by atoms with E-state index in [1.54, 1.807) is 37.3 Å². The second kappa shape index (κ2) is 9.02. The molecule has 8 heteroatoms. The molecule has 1 aromatic carbocycles. The molecule has 0 saturated heterocycles. The maximum atomic E-state index is 13.2. The maximum absolute atomic E-state index is 13.2. The van der Waals surface area contributed by atoms with Crippen molar-refractivity contribution >= 4 is 17.7 Å². The van der Waals surface area contributed by atoms with E-state index in [1.165, 1.54) is 0 Å². The quantitative estimate of drug-likeness (QED) is 0.433. The van der Waals surface area contributed by atoms with Crippen LogP contribution in [0.25, 0.3) is 11.3 Å². The van der Waals surface area contributed by atoms with Crippen LogP contribution in [0.1, 0.15) is 32.4 Å². The number of nitrogens with zero attached hydrogens (tertiary/aromatic N) is 2. The van der Waals surface area contributed by atoms with Crippen LogP contribution in [-0.2, 0) is 11.0 Å². The molecule has 0 aliphatic carbocycles. The number of thioether (sulfide) groups is 1. The number of nitrogens with one attached hydrogen (secondary N) is 1. The van der Waals surface area contributed by atoms with Gasteiger partial charge in [-0.2, -0.15) is 13.2 Å². The van der Waals surface area contributed by atoms with Crippen LogP contribution in [0.15, 0.2) is 41.6 Å². The van der Waals surface area contributed by atoms with E-state index >= 15 is 0 Å². The van der Waals surface area contributed by atoms with Crippen molar-refractivity contribution < 1.29 is 18.0 Å². The third-order valence-corrected chi connectivity index (χ3v) is 4.51. The van der Waals surface area contributed by atoms with Gasteiger partial charge in [-0.15, -0.1) is 0 Å². The molecule has 140 valence electrons. The molecule has 4 nitrogen and oxygen atoms in total. The zero-order chi connectivity index (χ0) is 19.2. The lowest BCUT2D eigenvalue weighted by Crippen LogP contribution is -2.31. The van der Waals surface area contributed by atoms with Crippen molar-refractivity contribution in [3.8, 4) is 11.3 Å². The zero-order valence-electron chi connectivity index (χ0n) is 14.5. The Kier molecular flexibility index (Phi) is 7.02. The number of alkyl halides is 3. The number of carbonyl (C=O) groups excluding carboxylic acids is 1. The molecule has 1 atom stereocenters. The fourth-order valence-electron chi connectivity index (χ4n) is 2.12. The molecular weight excluding hydrogens is 363 g/mol. The van der Waals surface area contributed by atoms with Gasteiger partial charge in [-0.25, -0.2) is 9.97 Å². The van der Waals surface area contributed by atoms with Gasteiger partial charge in [0.1, 0.15) is 5.69 Å². The first-order valence-corrected chi connectivity index (χ1v) is 9.15. The predicted molar refractivity (Wildman–Crippen MR) is 95.7 cm³/mol. The fourth-order valence-corrected chi connectivity index (χ4v) is 2.93. The molecule has 0 saturated carbocycles. The Labute approximate surface area is 154 Å². The van der Waals surface area contributed by atoms with Crippen molar-refractivity contribution in [3.63, 3.8) is 0 Å². The minimum Gasteiger partial charge on any atom is -0.355 e. The molecule has 0 spiro atoms. The summed E-state index contributed by atoms with van der Waals surface area (Å²) in [7, 11) is 0. The number of aromatic nitrogens is 2. The van der Waals surface area contributed by atoms with Gasteiger partial charge in [0, 0.05) is 12.1 Å². The van der Waals surface area contributed by atoms with E-state index in [4.69, 9.17) is 0 Å². The van der Waals surface area contributed by atoms with E-state index in [1.807, 2.05) is 6.92 Å². The molecular formula is C18H20F3N3OS. The molecule has 0 fully saturated rings. The van der Waals surface area contributed by atoms with Gasteiger partial charge in [-0.3, -0.25) is 4.79 Å². The second-order valence-electron chi connectivity index (χ2n) is 5.69. The lowest BCUT2D eigenvalue weighted by Gasteiger charge is -2.13. The molecule has 2 aromatic rings. The standard InChI is InChI=1S/C18H20F3N3OS/c1-3-4-10-22-16(25)12(2)26-17-23-14(13-8-6-5-7-9-13)11-15(24-17)18(19,20)21/h5-9,11-12H,3-4,10H2,1-2H3,(H,22,25). The number of hydrogen-bond donors (Lipinski definition) is 1. The second-order valence-corrected chi connectivity index (χ2v) is 7.00. The number of amides is 1. The van der Waals surface area contributed by atoms with Gasteiger partial charge in [0.05, 0.1) is 10.9 Å². The van der Waals surface area contributed by atoms with Crippen LogP contribution >= 0.6 is 11.8 Å². The van der Waals surface area contributed by atoms with Crippen LogP contribution in [-0.4, -0.2) is 27.7 Å². The van der Waals surface area contributed by atoms with Crippen LogP contribution in [0.4, 0.5) is 13.2 Å². The van der Waals surface area contributed by atoms with Gasteiger partial charge in [0.15, 0.2) is 5.16 Å². The molecule has 0 radical (unpaired) electrons. The van der Waals surface area contributed by atoms with Crippen LogP contribution in [0, 0.1) is 0 Å². The first kappa shape index (κ1) is 20.2. The van der Waals surface area contributed by atoms with E-state index in [0.717, 1.165) is 30.7 Å². The minimum atomic E-state index is -4.59. The Bertz CT molecular complexity index is 738. The van der Waals surface area contributed by atoms with E-state index in [-0.39, 0.29) is 16.8 Å². The van der Waals surface area contributed by atoms with Gasteiger partial charge >= 0.3 is 6.18 Å². The van der Waals surface area contributed by atoms with Crippen LogP contribution in [0.2, 0.25) is 0 Å². The van der Waals surface area contributed by atoms with Crippen LogP contribution in [0.5, 0.6) is 0 Å². The van der Waals surface area contributed by atoms with E-state index in [2.05, 4.69) is 15.3 Å². The monoisotopic (exact) mass is 383 g/mol. The summed E-state index contributed by atoms with van der Waals surface area (Å²) in [5, 5.41) is 2.09. The molecule has 1 amide bonds. The topological polar surface area (TPSA) is 54.9 Å². The van der Waals surface area contributed by atoms with Crippen LogP contribution in [0.3, 0.4) is 0 Å². The number of benzene rings is 1. The number of halogens is 3. The fraction of sp³-hybridized carbons (Fsp3) is 0.389. The smallest absolute Gasteiger partial charge is 0.355 e. The lowest BCUT2D eigenvalue weighted by atomic mass is 10.1. The number of hydrogen-bond acceptors (Lipinski definition) is 4. The van der Waals surface area contributed by atoms with Gasteiger partial charge in [0.2, 0.25) is 5.91 Å². The summed E-state index contributed by atoms with van der Waals surface area (Å²) >= 11 is 0.915. The molecule has 0 aliphatic rings. The normalized spacial score (nSPS) is 12.7. The van der Waals surface area contributed by atoms with Crippen molar-refractivity contribution in [2.24, 2.45) is 0 Å². The summed E-state index contributed by atoms with van der Waals surface area (Å²) in [6.45, 7) is 4.17. The van der Waals surface area contributed by atoms with E-state index < -0.39 is 17.1 Å². The molecule has 0 aliphatic heterocycles. The van der Waals surface area contributed by atoms with E-state index in [9.17, 15) is 18.0 Å². The Hall–Kier alpha value is -2.09. The Morgan fingerprint density at radius 1 is 1.23 bits per heavy atom. The van der Waals surface area contributed by atoms with Gasteiger partial charge in [-0.1, -0.05) is 55.4 Å². The highest BCUT2D eigenvalue weighted by Crippen LogP contribution is 2.32. The number of rotatable bonds is 7. The first-order chi connectivity index (χ1) is 12.3. The van der Waals surface area contributed by atoms with Crippen molar-refractivity contribution in [1.29, 1.82) is 0 Å². The van der Waals surface area contributed by atoms with Crippen molar-refractivity contribution in [2.45, 2.75) is 43.3 Å². The lowest BCUT2D eigenvalue weighted by molar-refractivity contribution is -0.141. The summed E-state index contributed by atoms with van der Waals surface area (Å²) in [5.41, 5.74) is -0.288. The molecule has 2 rings (SSSR count). The van der Waals surface area contributed by atoms with Gasteiger partial charge in [0.25, 0.3) is 0 Å². The van der Waals surface area contributed by atoms with Crippen LogP contribution < -0.4 is 5.32 Å². The number of carbonyl (C=O) groups is 1. The van der Waals surface area contributed by atoms with Crippen molar-refractivity contribution in [2.75, 3.05) is 6.54 Å². The molecule has 1 aromatic heterocycles.